The van der Waals surface area contributed by atoms with Crippen molar-refractivity contribution in [2.45, 2.75) is 44.7 Å². The van der Waals surface area contributed by atoms with Gasteiger partial charge in [0.2, 0.25) is 0 Å². The second-order valence-corrected chi connectivity index (χ2v) is 6.76. The fraction of sp³-hybridized carbons (Fsp3) is 0.429. The molecule has 1 aliphatic rings. The van der Waals surface area contributed by atoms with Crippen LogP contribution >= 0.6 is 0 Å². The Morgan fingerprint density at radius 2 is 2.27 bits per heavy atom. The molecule has 0 saturated carbocycles. The number of para-hydroxylation sites is 2. The lowest BCUT2D eigenvalue weighted by Crippen LogP contribution is -2.33. The highest BCUT2D eigenvalue weighted by molar-refractivity contribution is 5.74. The van der Waals surface area contributed by atoms with E-state index < -0.39 is 0 Å². The molecule has 1 aromatic carbocycles. The lowest BCUT2D eigenvalue weighted by molar-refractivity contribution is 0.159. The number of unbranched alkanes of at least 4 members (excludes halogenated alkanes) is 1. The highest BCUT2D eigenvalue weighted by atomic mass is 15.2. The number of benzene rings is 1. The Morgan fingerprint density at radius 3 is 3.19 bits per heavy atom. The van der Waals surface area contributed by atoms with Gasteiger partial charge < -0.3 is 10.7 Å². The molecule has 2 heterocycles. The van der Waals surface area contributed by atoms with Crippen molar-refractivity contribution in [3.05, 3.63) is 59.6 Å². The van der Waals surface area contributed by atoms with Crippen LogP contribution in [0.15, 0.2) is 42.5 Å². The van der Waals surface area contributed by atoms with Gasteiger partial charge >= 0.3 is 0 Å². The molecule has 5 nitrogen and oxygen atoms in total. The summed E-state index contributed by atoms with van der Waals surface area (Å²) in [6.07, 6.45) is 4.11. The SMILES string of the molecule is [2H]c1ccc2[nH]c(CN(CCCCN)[C@H]3CCCc4c3nc([2H])c([2H])c4[2H])nc2c1[2H]. The first-order valence-electron chi connectivity index (χ1n) is 11.8. The number of hydrogen-bond acceptors (Lipinski definition) is 4. The standard InChI is InChI=1S/C21H27N5/c22-12-3-4-14-26(15-20-24-17-9-1-2-10-18(17)25-20)19-11-5-7-16-8-6-13-23-21(16)19/h1-2,6,8-10,13,19H,3-5,7,11-12,14-15,22H2,(H,24,25)/t19-/m0/s1/i1D,6D,8D,9D,13D. The molecule has 3 N–H and O–H groups in total. The zero-order valence-corrected chi connectivity index (χ0v) is 14.8. The Balaban J connectivity index is 1.69. The molecule has 0 radical (unpaired) electrons. The number of H-pyrrole nitrogens is 1. The molecular formula is C21H27N5. The van der Waals surface area contributed by atoms with Crippen LogP contribution in [0, 0.1) is 0 Å². The van der Waals surface area contributed by atoms with E-state index in [1.54, 1.807) is 12.1 Å². The number of nitrogens with zero attached hydrogens (tertiary/aromatic N) is 3. The third-order valence-corrected chi connectivity index (χ3v) is 4.97. The van der Waals surface area contributed by atoms with Crippen LogP contribution in [0.5, 0.6) is 0 Å². The first-order valence-corrected chi connectivity index (χ1v) is 9.26. The molecule has 1 aliphatic carbocycles. The molecule has 4 rings (SSSR count). The first kappa shape index (κ1) is 12.2. The summed E-state index contributed by atoms with van der Waals surface area (Å²) in [6, 6.07) is 3.57. The number of pyridine rings is 1. The fourth-order valence-corrected chi connectivity index (χ4v) is 3.71. The predicted molar refractivity (Wildman–Crippen MR) is 105 cm³/mol. The molecule has 0 aliphatic heterocycles. The molecule has 26 heavy (non-hydrogen) atoms. The van der Waals surface area contributed by atoms with Gasteiger partial charge in [-0.3, -0.25) is 9.88 Å². The van der Waals surface area contributed by atoms with Crippen molar-refractivity contribution in [3.8, 4) is 0 Å². The average Bonchev–Trinajstić information content (AvgIpc) is 3.17. The van der Waals surface area contributed by atoms with E-state index in [9.17, 15) is 0 Å². The third-order valence-electron chi connectivity index (χ3n) is 4.97. The van der Waals surface area contributed by atoms with Gasteiger partial charge in [0.1, 0.15) is 5.82 Å². The molecular weight excluding hydrogens is 322 g/mol. The van der Waals surface area contributed by atoms with Crippen LogP contribution in [-0.4, -0.2) is 32.9 Å². The van der Waals surface area contributed by atoms with E-state index in [1.807, 2.05) is 0 Å². The second-order valence-electron chi connectivity index (χ2n) is 6.76. The van der Waals surface area contributed by atoms with Crippen molar-refractivity contribution >= 4 is 11.0 Å². The van der Waals surface area contributed by atoms with Crippen LogP contribution in [0.4, 0.5) is 0 Å². The van der Waals surface area contributed by atoms with Crippen LogP contribution in [0.25, 0.3) is 11.0 Å². The number of imidazole rings is 1. The Labute approximate surface area is 161 Å². The summed E-state index contributed by atoms with van der Waals surface area (Å²) in [7, 11) is 0. The average molecular weight is 355 g/mol. The van der Waals surface area contributed by atoms with E-state index in [-0.39, 0.29) is 36.4 Å². The Kier molecular flexibility index (Phi) is 3.74. The Morgan fingerprint density at radius 1 is 1.31 bits per heavy atom. The van der Waals surface area contributed by atoms with Gasteiger partial charge in [-0.05, 0) is 68.9 Å². The topological polar surface area (TPSA) is 70.8 Å². The van der Waals surface area contributed by atoms with Gasteiger partial charge in [0.05, 0.1) is 36.2 Å². The highest BCUT2D eigenvalue weighted by Gasteiger charge is 2.27. The van der Waals surface area contributed by atoms with Gasteiger partial charge in [-0.25, -0.2) is 4.98 Å². The van der Waals surface area contributed by atoms with Crippen molar-refractivity contribution in [2.75, 3.05) is 13.1 Å². The van der Waals surface area contributed by atoms with Gasteiger partial charge in [0.25, 0.3) is 0 Å². The number of hydrogen-bond donors (Lipinski definition) is 2. The molecule has 2 aromatic heterocycles. The van der Waals surface area contributed by atoms with E-state index in [0.717, 1.165) is 49.0 Å². The predicted octanol–water partition coefficient (Wildman–Crippen LogP) is 3.58. The van der Waals surface area contributed by atoms with E-state index in [1.165, 1.54) is 0 Å². The van der Waals surface area contributed by atoms with E-state index in [0.29, 0.717) is 30.9 Å². The summed E-state index contributed by atoms with van der Waals surface area (Å²) in [6.45, 7) is 1.88. The summed E-state index contributed by atoms with van der Waals surface area (Å²) < 4.78 is 40.2. The van der Waals surface area contributed by atoms with Crippen molar-refractivity contribution in [1.82, 2.24) is 19.9 Å². The Hall–Kier alpha value is -2.24. The van der Waals surface area contributed by atoms with Crippen molar-refractivity contribution < 1.29 is 6.85 Å². The molecule has 1 atom stereocenters. The van der Waals surface area contributed by atoms with E-state index in [2.05, 4.69) is 19.9 Å². The maximum Gasteiger partial charge on any atom is 0.121 e. The van der Waals surface area contributed by atoms with Crippen LogP contribution in [0.2, 0.25) is 0 Å². The van der Waals surface area contributed by atoms with Crippen molar-refractivity contribution in [2.24, 2.45) is 5.73 Å². The van der Waals surface area contributed by atoms with Gasteiger partial charge in [-0.1, -0.05) is 18.2 Å². The van der Waals surface area contributed by atoms with Crippen LogP contribution in [0.3, 0.4) is 0 Å². The van der Waals surface area contributed by atoms with Crippen LogP contribution < -0.4 is 5.73 Å². The minimum atomic E-state index is -0.150. The summed E-state index contributed by atoms with van der Waals surface area (Å²) in [5, 5.41) is 0. The third kappa shape index (κ3) is 3.64. The molecule has 136 valence electrons. The van der Waals surface area contributed by atoms with E-state index in [4.69, 9.17) is 12.6 Å². The maximum atomic E-state index is 8.31. The van der Waals surface area contributed by atoms with Crippen LogP contribution in [-0.2, 0) is 13.0 Å². The lowest BCUT2D eigenvalue weighted by Gasteiger charge is -2.34. The fourth-order valence-electron chi connectivity index (χ4n) is 3.71. The molecule has 0 spiro atoms. The quantitative estimate of drug-likeness (QED) is 0.636. The molecule has 0 bridgehead atoms. The van der Waals surface area contributed by atoms with E-state index >= 15 is 0 Å². The summed E-state index contributed by atoms with van der Waals surface area (Å²) in [5.74, 6) is 0.711. The molecule has 5 heteroatoms. The van der Waals surface area contributed by atoms with Crippen LogP contribution in [0.1, 0.15) is 55.7 Å². The van der Waals surface area contributed by atoms with Gasteiger partial charge in [-0.2, -0.15) is 0 Å². The lowest BCUT2D eigenvalue weighted by atomic mass is 9.90. The number of aromatic nitrogens is 3. The van der Waals surface area contributed by atoms with Crippen molar-refractivity contribution in [3.63, 3.8) is 0 Å². The van der Waals surface area contributed by atoms with Crippen molar-refractivity contribution in [1.29, 1.82) is 0 Å². The minimum Gasteiger partial charge on any atom is -0.341 e. The second kappa shape index (κ2) is 7.98. The largest absolute Gasteiger partial charge is 0.341 e. The Bertz CT molecular complexity index is 1100. The number of nitrogens with one attached hydrogen (secondary N) is 1. The molecule has 0 amide bonds. The summed E-state index contributed by atoms with van der Waals surface area (Å²) in [5.41, 5.74) is 8.44. The number of aromatic amines is 1. The monoisotopic (exact) mass is 354 g/mol. The number of rotatable bonds is 7. The smallest absolute Gasteiger partial charge is 0.121 e. The maximum absolute atomic E-state index is 8.31. The van der Waals surface area contributed by atoms with Gasteiger partial charge in [0, 0.05) is 6.17 Å². The number of nitrogens with two attached hydrogens (primary N) is 1. The van der Waals surface area contributed by atoms with Gasteiger partial charge in [0.15, 0.2) is 0 Å². The normalized spacial score (nSPS) is 19.6. The molecule has 3 aromatic rings. The number of fused-ring (bicyclic) bond motifs is 2. The summed E-state index contributed by atoms with van der Waals surface area (Å²) in [4.78, 5) is 14.5. The van der Waals surface area contributed by atoms with Gasteiger partial charge in [-0.15, -0.1) is 0 Å². The molecule has 0 fully saturated rings. The highest BCUT2D eigenvalue weighted by Crippen LogP contribution is 2.33. The molecule has 0 unspecified atom stereocenters. The zero-order valence-electron chi connectivity index (χ0n) is 19.8. The minimum absolute atomic E-state index is 0.0641. The first-order chi connectivity index (χ1) is 14.9. The summed E-state index contributed by atoms with van der Waals surface area (Å²) >= 11 is 0. The zero-order chi connectivity index (χ0) is 22.1. The molecule has 0 saturated heterocycles.